The standard InChI is InChI=1S/C13H22N4/c1-4-13(7-5-6-8-13)9-14-12-15-10(2)11(3)16-17-12/h4-9H2,1-3H3,(H,14,15,17). The first-order valence-corrected chi connectivity index (χ1v) is 6.57. The number of hydrogen-bond donors (Lipinski definition) is 1. The highest BCUT2D eigenvalue weighted by Gasteiger charge is 2.31. The Balaban J connectivity index is 1.99. The van der Waals surface area contributed by atoms with Crippen LogP contribution < -0.4 is 5.32 Å². The Labute approximate surface area is 103 Å². The lowest BCUT2D eigenvalue weighted by atomic mass is 9.83. The number of aryl methyl sites for hydroxylation is 2. The number of nitrogens with zero attached hydrogens (tertiary/aromatic N) is 3. The molecule has 94 valence electrons. The van der Waals surface area contributed by atoms with Crippen LogP contribution in [-0.2, 0) is 0 Å². The van der Waals surface area contributed by atoms with E-state index in [0.717, 1.165) is 17.9 Å². The van der Waals surface area contributed by atoms with E-state index >= 15 is 0 Å². The van der Waals surface area contributed by atoms with Crippen LogP contribution in [0.2, 0.25) is 0 Å². The maximum absolute atomic E-state index is 4.41. The predicted octanol–water partition coefficient (Wildman–Crippen LogP) is 2.87. The summed E-state index contributed by atoms with van der Waals surface area (Å²) in [5.74, 6) is 0.674. The monoisotopic (exact) mass is 234 g/mol. The minimum Gasteiger partial charge on any atom is -0.352 e. The smallest absolute Gasteiger partial charge is 0.242 e. The van der Waals surface area contributed by atoms with Gasteiger partial charge in [0, 0.05) is 6.54 Å². The van der Waals surface area contributed by atoms with Gasteiger partial charge < -0.3 is 5.32 Å². The molecule has 0 radical (unpaired) electrons. The van der Waals surface area contributed by atoms with Crippen molar-refractivity contribution >= 4 is 5.95 Å². The Bertz CT molecular complexity index is 383. The molecule has 1 N–H and O–H groups in total. The minimum absolute atomic E-state index is 0.460. The molecular formula is C13H22N4. The van der Waals surface area contributed by atoms with Gasteiger partial charge in [-0.25, -0.2) is 4.98 Å². The molecule has 0 unspecified atom stereocenters. The molecular weight excluding hydrogens is 212 g/mol. The van der Waals surface area contributed by atoms with Crippen molar-refractivity contribution in [1.82, 2.24) is 15.2 Å². The molecule has 0 aliphatic heterocycles. The quantitative estimate of drug-likeness (QED) is 0.870. The maximum Gasteiger partial charge on any atom is 0.242 e. The van der Waals surface area contributed by atoms with Gasteiger partial charge in [0.15, 0.2) is 0 Å². The Morgan fingerprint density at radius 3 is 2.41 bits per heavy atom. The van der Waals surface area contributed by atoms with Gasteiger partial charge in [-0.2, -0.15) is 5.10 Å². The molecule has 1 aliphatic rings. The average molecular weight is 234 g/mol. The van der Waals surface area contributed by atoms with Crippen molar-refractivity contribution in [3.63, 3.8) is 0 Å². The lowest BCUT2D eigenvalue weighted by Crippen LogP contribution is -2.26. The van der Waals surface area contributed by atoms with Gasteiger partial charge in [-0.1, -0.05) is 19.8 Å². The van der Waals surface area contributed by atoms with Crippen LogP contribution in [0.25, 0.3) is 0 Å². The third-order valence-electron chi connectivity index (χ3n) is 4.13. The average Bonchev–Trinajstić information content (AvgIpc) is 2.80. The molecule has 0 bridgehead atoms. The van der Waals surface area contributed by atoms with Gasteiger partial charge in [0.2, 0.25) is 5.95 Å². The topological polar surface area (TPSA) is 50.7 Å². The predicted molar refractivity (Wildman–Crippen MR) is 69.0 cm³/mol. The molecule has 1 aliphatic carbocycles. The highest BCUT2D eigenvalue weighted by atomic mass is 15.2. The third kappa shape index (κ3) is 2.73. The zero-order valence-electron chi connectivity index (χ0n) is 11.1. The van der Waals surface area contributed by atoms with Crippen LogP contribution in [0.3, 0.4) is 0 Å². The summed E-state index contributed by atoms with van der Waals surface area (Å²) in [6.45, 7) is 7.17. The Hall–Kier alpha value is -1.19. The van der Waals surface area contributed by atoms with Crippen molar-refractivity contribution in [2.24, 2.45) is 5.41 Å². The highest BCUT2D eigenvalue weighted by molar-refractivity contribution is 5.25. The van der Waals surface area contributed by atoms with Crippen molar-refractivity contribution in [3.05, 3.63) is 11.4 Å². The van der Waals surface area contributed by atoms with E-state index in [2.05, 4.69) is 27.4 Å². The van der Waals surface area contributed by atoms with E-state index in [1.807, 2.05) is 13.8 Å². The van der Waals surface area contributed by atoms with Crippen molar-refractivity contribution in [1.29, 1.82) is 0 Å². The molecule has 4 nitrogen and oxygen atoms in total. The summed E-state index contributed by atoms with van der Waals surface area (Å²) in [7, 11) is 0. The van der Waals surface area contributed by atoms with E-state index in [1.165, 1.54) is 32.1 Å². The molecule has 17 heavy (non-hydrogen) atoms. The summed E-state index contributed by atoms with van der Waals surface area (Å²) in [5, 5.41) is 11.6. The van der Waals surface area contributed by atoms with Crippen LogP contribution >= 0.6 is 0 Å². The first-order valence-electron chi connectivity index (χ1n) is 6.57. The van der Waals surface area contributed by atoms with Gasteiger partial charge in [0.1, 0.15) is 0 Å². The molecule has 1 aromatic rings. The van der Waals surface area contributed by atoms with Gasteiger partial charge in [-0.15, -0.1) is 5.10 Å². The van der Waals surface area contributed by atoms with Crippen LogP contribution in [0.4, 0.5) is 5.95 Å². The van der Waals surface area contributed by atoms with E-state index < -0.39 is 0 Å². The second-order valence-corrected chi connectivity index (χ2v) is 5.22. The van der Waals surface area contributed by atoms with E-state index in [0.29, 0.717) is 11.4 Å². The molecule has 2 rings (SSSR count). The summed E-state index contributed by atoms with van der Waals surface area (Å²) >= 11 is 0. The second-order valence-electron chi connectivity index (χ2n) is 5.22. The van der Waals surface area contributed by atoms with Gasteiger partial charge in [-0.05, 0) is 38.5 Å². The third-order valence-corrected chi connectivity index (χ3v) is 4.13. The van der Waals surface area contributed by atoms with Crippen molar-refractivity contribution < 1.29 is 0 Å². The number of aromatic nitrogens is 3. The molecule has 1 fully saturated rings. The van der Waals surface area contributed by atoms with Crippen LogP contribution in [0.5, 0.6) is 0 Å². The van der Waals surface area contributed by atoms with Gasteiger partial charge in [-0.3, -0.25) is 0 Å². The molecule has 1 aromatic heterocycles. The van der Waals surface area contributed by atoms with Gasteiger partial charge >= 0.3 is 0 Å². The molecule has 1 heterocycles. The van der Waals surface area contributed by atoms with E-state index in [9.17, 15) is 0 Å². The highest BCUT2D eigenvalue weighted by Crippen LogP contribution is 2.40. The fraction of sp³-hybridized carbons (Fsp3) is 0.769. The number of rotatable bonds is 4. The maximum atomic E-state index is 4.41. The number of anilines is 1. The largest absolute Gasteiger partial charge is 0.352 e. The fourth-order valence-corrected chi connectivity index (χ4v) is 2.58. The zero-order chi connectivity index (χ0) is 12.3. The second kappa shape index (κ2) is 4.98. The normalized spacial score (nSPS) is 18.3. The Kier molecular flexibility index (Phi) is 3.60. The van der Waals surface area contributed by atoms with Crippen molar-refractivity contribution in [2.75, 3.05) is 11.9 Å². The molecule has 0 atom stereocenters. The lowest BCUT2D eigenvalue weighted by Gasteiger charge is -2.27. The van der Waals surface area contributed by atoms with Crippen molar-refractivity contribution in [2.45, 2.75) is 52.9 Å². The molecule has 0 amide bonds. The molecule has 4 heteroatoms. The van der Waals surface area contributed by atoms with Crippen molar-refractivity contribution in [3.8, 4) is 0 Å². The lowest BCUT2D eigenvalue weighted by molar-refractivity contribution is 0.306. The molecule has 1 saturated carbocycles. The molecule has 0 aromatic carbocycles. The minimum atomic E-state index is 0.460. The molecule has 0 saturated heterocycles. The summed E-state index contributed by atoms with van der Waals surface area (Å²) in [6.07, 6.45) is 6.62. The van der Waals surface area contributed by atoms with E-state index in [-0.39, 0.29) is 0 Å². The summed E-state index contributed by atoms with van der Waals surface area (Å²) < 4.78 is 0. The summed E-state index contributed by atoms with van der Waals surface area (Å²) in [5.41, 5.74) is 2.32. The van der Waals surface area contributed by atoms with Crippen LogP contribution in [0.1, 0.15) is 50.4 Å². The summed E-state index contributed by atoms with van der Waals surface area (Å²) in [4.78, 5) is 4.41. The van der Waals surface area contributed by atoms with Gasteiger partial charge in [0.25, 0.3) is 0 Å². The van der Waals surface area contributed by atoms with Crippen LogP contribution in [0.15, 0.2) is 0 Å². The summed E-state index contributed by atoms with van der Waals surface area (Å²) in [6, 6.07) is 0. The van der Waals surface area contributed by atoms with E-state index in [1.54, 1.807) is 0 Å². The first kappa shape index (κ1) is 12.3. The first-order chi connectivity index (χ1) is 8.15. The number of hydrogen-bond acceptors (Lipinski definition) is 4. The zero-order valence-corrected chi connectivity index (χ0v) is 11.1. The number of nitrogens with one attached hydrogen (secondary N) is 1. The van der Waals surface area contributed by atoms with Crippen LogP contribution in [0, 0.1) is 19.3 Å². The van der Waals surface area contributed by atoms with Gasteiger partial charge in [0.05, 0.1) is 11.4 Å². The Morgan fingerprint density at radius 2 is 1.82 bits per heavy atom. The Morgan fingerprint density at radius 1 is 1.12 bits per heavy atom. The van der Waals surface area contributed by atoms with E-state index in [4.69, 9.17) is 0 Å². The molecule has 0 spiro atoms. The van der Waals surface area contributed by atoms with Crippen LogP contribution in [-0.4, -0.2) is 21.7 Å². The fourth-order valence-electron chi connectivity index (χ4n) is 2.58. The SMILES string of the molecule is CCC1(CNc2nnc(C)c(C)n2)CCCC1.